The number of hydrogen-bond donors (Lipinski definition) is 1. The Kier molecular flexibility index (Phi) is 6.52. The van der Waals surface area contributed by atoms with Crippen LogP contribution in [0.4, 0.5) is 5.69 Å². The molecular weight excluding hydrogens is 420 g/mol. The van der Waals surface area contributed by atoms with Crippen molar-refractivity contribution in [2.24, 2.45) is 5.92 Å². The number of halogens is 1. The number of benzene rings is 2. The molecule has 1 aliphatic heterocycles. The molecule has 0 atom stereocenters. The second-order valence-electron chi connectivity index (χ2n) is 7.06. The van der Waals surface area contributed by atoms with Crippen LogP contribution in [0.25, 0.3) is 6.08 Å². The Hall–Kier alpha value is -2.60. The van der Waals surface area contributed by atoms with Crippen molar-refractivity contribution in [3.05, 3.63) is 64.3 Å². The fourth-order valence-electron chi connectivity index (χ4n) is 2.87. The Bertz CT molecular complexity index is 908. The van der Waals surface area contributed by atoms with Crippen molar-refractivity contribution in [1.82, 2.24) is 5.32 Å². The molecule has 6 heteroatoms. The molecule has 1 aliphatic rings. The summed E-state index contributed by atoms with van der Waals surface area (Å²) in [5.41, 5.74) is 1.43. The number of rotatable bonds is 6. The smallest absolute Gasteiger partial charge is 0.294 e. The van der Waals surface area contributed by atoms with E-state index in [1.807, 2.05) is 36.4 Å². The quantitative estimate of drug-likeness (QED) is 0.675. The monoisotopic (exact) mass is 442 g/mol. The van der Waals surface area contributed by atoms with E-state index in [2.05, 4.69) is 35.1 Å². The normalized spacial score (nSPS) is 14.8. The predicted octanol–water partition coefficient (Wildman–Crippen LogP) is 4.38. The van der Waals surface area contributed by atoms with Gasteiger partial charge in [0.15, 0.2) is 11.5 Å². The lowest BCUT2D eigenvalue weighted by molar-refractivity contribution is -0.123. The predicted molar refractivity (Wildman–Crippen MR) is 114 cm³/mol. The number of para-hydroxylation sites is 2. The lowest BCUT2D eigenvalue weighted by atomic mass is 10.1. The molecule has 5 nitrogen and oxygen atoms in total. The van der Waals surface area contributed by atoms with E-state index in [-0.39, 0.29) is 24.1 Å². The van der Waals surface area contributed by atoms with E-state index in [4.69, 9.17) is 4.74 Å². The van der Waals surface area contributed by atoms with Crippen molar-refractivity contribution in [1.29, 1.82) is 0 Å². The molecule has 0 radical (unpaired) electrons. The maximum absolute atomic E-state index is 13.0. The van der Waals surface area contributed by atoms with Gasteiger partial charge < -0.3 is 10.1 Å². The van der Waals surface area contributed by atoms with Gasteiger partial charge in [-0.1, -0.05) is 54.0 Å². The van der Waals surface area contributed by atoms with Crippen LogP contribution in [-0.4, -0.2) is 24.9 Å². The summed E-state index contributed by atoms with van der Waals surface area (Å²) in [4.78, 5) is 26.9. The number of carbonyl (C=O) groups excluding carboxylic acids is 2. The first kappa shape index (κ1) is 20.1. The number of fused-ring (bicyclic) bond motifs is 1. The van der Waals surface area contributed by atoms with E-state index in [0.29, 0.717) is 23.9 Å². The van der Waals surface area contributed by atoms with Crippen LogP contribution in [0.3, 0.4) is 0 Å². The molecule has 0 fully saturated rings. The summed E-state index contributed by atoms with van der Waals surface area (Å²) in [5.74, 6) is 0.723. The molecule has 1 heterocycles. The number of amides is 2. The molecule has 28 heavy (non-hydrogen) atoms. The van der Waals surface area contributed by atoms with Gasteiger partial charge in [-0.05, 0) is 48.2 Å². The number of anilines is 1. The summed E-state index contributed by atoms with van der Waals surface area (Å²) in [7, 11) is 0. The Morgan fingerprint density at radius 1 is 1.21 bits per heavy atom. The van der Waals surface area contributed by atoms with Crippen LogP contribution in [0, 0.1) is 5.92 Å². The van der Waals surface area contributed by atoms with Crippen LogP contribution in [0.2, 0.25) is 0 Å². The summed E-state index contributed by atoms with van der Waals surface area (Å²) >= 11 is 3.43. The summed E-state index contributed by atoms with van der Waals surface area (Å²) in [6, 6.07) is 14.8. The van der Waals surface area contributed by atoms with Crippen LogP contribution in [0.15, 0.2) is 58.8 Å². The molecule has 0 bridgehead atoms. The van der Waals surface area contributed by atoms with Crippen molar-refractivity contribution in [3.63, 3.8) is 0 Å². The van der Waals surface area contributed by atoms with E-state index in [1.165, 1.54) is 4.90 Å². The van der Waals surface area contributed by atoms with Crippen LogP contribution in [0.1, 0.15) is 25.8 Å². The van der Waals surface area contributed by atoms with E-state index >= 15 is 0 Å². The van der Waals surface area contributed by atoms with Gasteiger partial charge in [0.1, 0.15) is 6.54 Å². The summed E-state index contributed by atoms with van der Waals surface area (Å²) in [5, 5.41) is 2.89. The van der Waals surface area contributed by atoms with Gasteiger partial charge in [-0.15, -0.1) is 0 Å². The van der Waals surface area contributed by atoms with Gasteiger partial charge in [0, 0.05) is 11.0 Å². The van der Waals surface area contributed by atoms with Crippen LogP contribution in [-0.2, 0) is 9.59 Å². The van der Waals surface area contributed by atoms with E-state index in [9.17, 15) is 9.59 Å². The summed E-state index contributed by atoms with van der Waals surface area (Å²) < 4.78 is 6.74. The molecule has 146 valence electrons. The van der Waals surface area contributed by atoms with Crippen molar-refractivity contribution >= 4 is 39.5 Å². The molecule has 0 aliphatic carbocycles. The fraction of sp³-hybridized carbons (Fsp3) is 0.273. The lowest BCUT2D eigenvalue weighted by Gasteiger charge is -2.30. The van der Waals surface area contributed by atoms with Crippen molar-refractivity contribution < 1.29 is 14.3 Å². The van der Waals surface area contributed by atoms with Gasteiger partial charge in [-0.2, -0.15) is 0 Å². The molecule has 2 aromatic carbocycles. The van der Waals surface area contributed by atoms with E-state index in [1.54, 1.807) is 18.2 Å². The first-order chi connectivity index (χ1) is 13.4. The van der Waals surface area contributed by atoms with Gasteiger partial charge in [-0.25, -0.2) is 0 Å². The molecule has 0 saturated carbocycles. The highest BCUT2D eigenvalue weighted by Gasteiger charge is 2.31. The topological polar surface area (TPSA) is 58.6 Å². The summed E-state index contributed by atoms with van der Waals surface area (Å²) in [6.07, 6.45) is 2.58. The number of hydrogen-bond acceptors (Lipinski definition) is 3. The Morgan fingerprint density at radius 3 is 2.75 bits per heavy atom. The third-order valence-electron chi connectivity index (χ3n) is 4.32. The number of ether oxygens (including phenoxy) is 1. The maximum atomic E-state index is 13.0. The molecule has 2 aromatic rings. The lowest BCUT2D eigenvalue weighted by Crippen LogP contribution is -2.44. The fourth-order valence-corrected chi connectivity index (χ4v) is 3.28. The van der Waals surface area contributed by atoms with Gasteiger partial charge in [0.25, 0.3) is 5.91 Å². The largest absolute Gasteiger partial charge is 0.449 e. The zero-order valence-electron chi connectivity index (χ0n) is 15.9. The maximum Gasteiger partial charge on any atom is 0.294 e. The summed E-state index contributed by atoms with van der Waals surface area (Å²) in [6.45, 7) is 4.75. The minimum absolute atomic E-state index is 0.0485. The zero-order valence-corrected chi connectivity index (χ0v) is 17.5. The van der Waals surface area contributed by atoms with Gasteiger partial charge >= 0.3 is 0 Å². The first-order valence-electron chi connectivity index (χ1n) is 9.27. The van der Waals surface area contributed by atoms with Crippen LogP contribution in [0.5, 0.6) is 5.75 Å². The number of nitrogens with zero attached hydrogens (tertiary/aromatic N) is 1. The molecule has 0 aromatic heterocycles. The second kappa shape index (κ2) is 9.06. The van der Waals surface area contributed by atoms with Gasteiger partial charge in [0.05, 0.1) is 5.69 Å². The highest BCUT2D eigenvalue weighted by Crippen LogP contribution is 2.35. The van der Waals surface area contributed by atoms with E-state index < -0.39 is 0 Å². The molecule has 2 amide bonds. The first-order valence-corrected chi connectivity index (χ1v) is 10.1. The molecule has 1 N–H and O–H groups in total. The molecule has 0 spiro atoms. The van der Waals surface area contributed by atoms with E-state index in [0.717, 1.165) is 16.5 Å². The average Bonchev–Trinajstić information content (AvgIpc) is 2.65. The molecular formula is C22H23BrN2O3. The van der Waals surface area contributed by atoms with Crippen molar-refractivity contribution in [3.8, 4) is 5.75 Å². The highest BCUT2D eigenvalue weighted by molar-refractivity contribution is 9.10. The highest BCUT2D eigenvalue weighted by atomic mass is 79.9. The standard InChI is InChI=1S/C22H23BrN2O3/c1-15(2)10-11-24-21(26)14-25-18-8-3-4-9-19(18)28-20(22(25)27)13-16-6-5-7-17(23)12-16/h3-9,12-13,15H,10-11,14H2,1-2H3,(H,24,26)/b20-13+. The number of carbonyl (C=O) groups is 2. The third-order valence-corrected chi connectivity index (χ3v) is 4.82. The molecule has 0 unspecified atom stereocenters. The number of nitrogens with one attached hydrogen (secondary N) is 1. The average molecular weight is 443 g/mol. The van der Waals surface area contributed by atoms with Gasteiger partial charge in [0.2, 0.25) is 5.91 Å². The Balaban J connectivity index is 1.84. The SMILES string of the molecule is CC(C)CCNC(=O)CN1C(=O)/C(=C\c2cccc(Br)c2)Oc2ccccc21. The minimum atomic E-state index is -0.335. The molecule has 3 rings (SSSR count). The molecule has 0 saturated heterocycles. The van der Waals surface area contributed by atoms with Crippen molar-refractivity contribution in [2.75, 3.05) is 18.0 Å². The van der Waals surface area contributed by atoms with Crippen molar-refractivity contribution in [2.45, 2.75) is 20.3 Å². The van der Waals surface area contributed by atoms with Gasteiger partial charge in [-0.3, -0.25) is 14.5 Å². The Morgan fingerprint density at radius 2 is 2.00 bits per heavy atom. The van der Waals surface area contributed by atoms with Crippen LogP contribution < -0.4 is 15.0 Å². The second-order valence-corrected chi connectivity index (χ2v) is 7.97. The zero-order chi connectivity index (χ0) is 20.1. The minimum Gasteiger partial charge on any atom is -0.449 e. The third kappa shape index (κ3) is 5.01. The van der Waals surface area contributed by atoms with Crippen LogP contribution >= 0.6 is 15.9 Å². The Labute approximate surface area is 173 Å².